The van der Waals surface area contributed by atoms with Crippen molar-refractivity contribution in [1.29, 1.82) is 0 Å². The Labute approximate surface area is 151 Å². The standard InChI is InChI=1S/C18H13ClF2N2O3/c1-10-2-5-16(26-18(20)21)13(6-10)15(24)8-23-9-22-14-7-11(19)3-4-12(14)17(23)25/h2-7,9,18H,8H2,1H3. The zero-order chi connectivity index (χ0) is 18.8. The number of Topliss-reactive ketones (excluding diaryl/α,β-unsaturated/α-hetero) is 1. The van der Waals surface area contributed by atoms with Crippen molar-refractivity contribution in [2.75, 3.05) is 0 Å². The van der Waals surface area contributed by atoms with Gasteiger partial charge in [0.15, 0.2) is 5.78 Å². The van der Waals surface area contributed by atoms with Gasteiger partial charge < -0.3 is 4.74 Å². The highest BCUT2D eigenvalue weighted by Gasteiger charge is 2.17. The number of rotatable bonds is 5. The number of halogens is 3. The quantitative estimate of drug-likeness (QED) is 0.633. The molecule has 3 rings (SSSR count). The zero-order valence-electron chi connectivity index (χ0n) is 13.6. The van der Waals surface area contributed by atoms with Gasteiger partial charge in [0.1, 0.15) is 5.75 Å². The average Bonchev–Trinajstić information content (AvgIpc) is 2.58. The number of carbonyl (C=O) groups excluding carboxylic acids is 1. The topological polar surface area (TPSA) is 61.2 Å². The van der Waals surface area contributed by atoms with E-state index in [1.807, 2.05) is 0 Å². The summed E-state index contributed by atoms with van der Waals surface area (Å²) in [6, 6.07) is 8.92. The van der Waals surface area contributed by atoms with Gasteiger partial charge in [-0.15, -0.1) is 0 Å². The summed E-state index contributed by atoms with van der Waals surface area (Å²) in [4.78, 5) is 29.2. The highest BCUT2D eigenvalue weighted by Crippen LogP contribution is 2.23. The van der Waals surface area contributed by atoms with Crippen molar-refractivity contribution < 1.29 is 18.3 Å². The summed E-state index contributed by atoms with van der Waals surface area (Å²) in [5, 5.41) is 0.741. The van der Waals surface area contributed by atoms with Crippen LogP contribution < -0.4 is 10.3 Å². The Morgan fingerprint density at radius 3 is 2.77 bits per heavy atom. The third kappa shape index (κ3) is 3.72. The molecule has 134 valence electrons. The predicted molar refractivity (Wildman–Crippen MR) is 93.2 cm³/mol. The molecule has 0 saturated carbocycles. The van der Waals surface area contributed by atoms with Gasteiger partial charge in [0.05, 0.1) is 29.3 Å². The van der Waals surface area contributed by atoms with E-state index in [4.69, 9.17) is 11.6 Å². The van der Waals surface area contributed by atoms with Gasteiger partial charge in [0.2, 0.25) is 0 Å². The van der Waals surface area contributed by atoms with Crippen LogP contribution in [0.25, 0.3) is 10.9 Å². The van der Waals surface area contributed by atoms with Gasteiger partial charge in [-0.05, 0) is 37.3 Å². The summed E-state index contributed by atoms with van der Waals surface area (Å²) in [6.07, 6.45) is 1.22. The van der Waals surface area contributed by atoms with Gasteiger partial charge >= 0.3 is 6.61 Å². The molecule has 0 aliphatic heterocycles. The molecule has 0 spiro atoms. The number of ketones is 1. The summed E-state index contributed by atoms with van der Waals surface area (Å²) < 4.78 is 30.6. The number of aryl methyl sites for hydroxylation is 1. The summed E-state index contributed by atoms with van der Waals surface area (Å²) >= 11 is 5.87. The molecule has 0 saturated heterocycles. The Hall–Kier alpha value is -2.80. The molecule has 0 aliphatic rings. The minimum atomic E-state index is -3.06. The smallest absolute Gasteiger partial charge is 0.387 e. The first-order valence-corrected chi connectivity index (χ1v) is 7.96. The van der Waals surface area contributed by atoms with E-state index in [9.17, 15) is 18.4 Å². The van der Waals surface area contributed by atoms with E-state index in [-0.39, 0.29) is 17.9 Å². The molecule has 1 heterocycles. The fraction of sp³-hybridized carbons (Fsp3) is 0.167. The van der Waals surface area contributed by atoms with Crippen molar-refractivity contribution in [2.45, 2.75) is 20.1 Å². The van der Waals surface area contributed by atoms with Crippen LogP contribution in [0.15, 0.2) is 47.5 Å². The fourth-order valence-corrected chi connectivity index (χ4v) is 2.71. The van der Waals surface area contributed by atoms with Crippen LogP contribution in [0, 0.1) is 6.92 Å². The molecule has 1 aromatic heterocycles. The molecule has 0 radical (unpaired) electrons. The number of benzene rings is 2. The maximum atomic E-state index is 12.6. The molecule has 0 bridgehead atoms. The molecule has 0 unspecified atom stereocenters. The Balaban J connectivity index is 1.97. The molecule has 0 aliphatic carbocycles. The Morgan fingerprint density at radius 2 is 2.04 bits per heavy atom. The minimum absolute atomic E-state index is 0.0200. The molecule has 0 amide bonds. The van der Waals surface area contributed by atoms with Crippen molar-refractivity contribution in [3.05, 3.63) is 69.2 Å². The number of carbonyl (C=O) groups is 1. The van der Waals surface area contributed by atoms with Gasteiger partial charge in [0, 0.05) is 5.02 Å². The maximum absolute atomic E-state index is 12.6. The molecule has 0 fully saturated rings. The summed E-state index contributed by atoms with van der Waals surface area (Å²) in [5.74, 6) is -0.772. The number of hydrogen-bond acceptors (Lipinski definition) is 4. The molecule has 0 atom stereocenters. The first-order valence-electron chi connectivity index (χ1n) is 7.58. The van der Waals surface area contributed by atoms with Crippen LogP contribution in [-0.4, -0.2) is 21.9 Å². The second kappa shape index (κ2) is 7.21. The molecule has 8 heteroatoms. The van der Waals surface area contributed by atoms with Crippen LogP contribution in [0.3, 0.4) is 0 Å². The van der Waals surface area contributed by atoms with Gasteiger partial charge in [-0.2, -0.15) is 8.78 Å². The Morgan fingerprint density at radius 1 is 1.27 bits per heavy atom. The van der Waals surface area contributed by atoms with E-state index in [1.165, 1.54) is 24.5 Å². The van der Waals surface area contributed by atoms with Crippen LogP contribution in [0.5, 0.6) is 5.75 Å². The molecule has 26 heavy (non-hydrogen) atoms. The van der Waals surface area contributed by atoms with Gasteiger partial charge in [0.25, 0.3) is 5.56 Å². The molecule has 2 aromatic carbocycles. The predicted octanol–water partition coefficient (Wildman–Crippen LogP) is 3.84. The number of nitrogens with zero attached hydrogens (tertiary/aromatic N) is 2. The normalized spacial score (nSPS) is 11.1. The lowest BCUT2D eigenvalue weighted by Crippen LogP contribution is -2.25. The molecule has 5 nitrogen and oxygen atoms in total. The lowest BCUT2D eigenvalue weighted by molar-refractivity contribution is -0.0501. The highest BCUT2D eigenvalue weighted by molar-refractivity contribution is 6.31. The first-order chi connectivity index (χ1) is 12.3. The van der Waals surface area contributed by atoms with Crippen molar-refractivity contribution in [1.82, 2.24) is 9.55 Å². The largest absolute Gasteiger partial charge is 0.434 e. The number of fused-ring (bicyclic) bond motifs is 1. The molecule has 3 aromatic rings. The van der Waals surface area contributed by atoms with Crippen LogP contribution in [0.2, 0.25) is 5.02 Å². The number of aromatic nitrogens is 2. The zero-order valence-corrected chi connectivity index (χ0v) is 14.3. The lowest BCUT2D eigenvalue weighted by Gasteiger charge is -2.12. The van der Waals surface area contributed by atoms with Crippen LogP contribution in [0.1, 0.15) is 15.9 Å². The van der Waals surface area contributed by atoms with Crippen molar-refractivity contribution in [2.24, 2.45) is 0 Å². The highest BCUT2D eigenvalue weighted by atomic mass is 35.5. The average molecular weight is 379 g/mol. The van der Waals surface area contributed by atoms with E-state index in [0.29, 0.717) is 21.5 Å². The van der Waals surface area contributed by atoms with Gasteiger partial charge in [-0.1, -0.05) is 23.2 Å². The number of alkyl halides is 2. The second-order valence-corrected chi connectivity index (χ2v) is 6.08. The SMILES string of the molecule is Cc1ccc(OC(F)F)c(C(=O)Cn2cnc3cc(Cl)ccc3c2=O)c1. The van der Waals surface area contributed by atoms with E-state index in [1.54, 1.807) is 25.1 Å². The van der Waals surface area contributed by atoms with Crippen LogP contribution in [-0.2, 0) is 6.54 Å². The second-order valence-electron chi connectivity index (χ2n) is 5.64. The number of hydrogen-bond donors (Lipinski definition) is 0. The summed E-state index contributed by atoms with van der Waals surface area (Å²) in [6.45, 7) is -1.69. The minimum Gasteiger partial charge on any atom is -0.434 e. The fourth-order valence-electron chi connectivity index (χ4n) is 2.54. The Bertz CT molecular complexity index is 1050. The molecular weight excluding hydrogens is 366 g/mol. The number of ether oxygens (including phenoxy) is 1. The third-order valence-corrected chi connectivity index (χ3v) is 3.99. The maximum Gasteiger partial charge on any atom is 0.387 e. The van der Waals surface area contributed by atoms with Crippen molar-refractivity contribution in [3.8, 4) is 5.75 Å². The van der Waals surface area contributed by atoms with Crippen LogP contribution in [0.4, 0.5) is 8.78 Å². The lowest BCUT2D eigenvalue weighted by atomic mass is 10.1. The Kier molecular flexibility index (Phi) is 4.99. The van der Waals surface area contributed by atoms with E-state index >= 15 is 0 Å². The monoisotopic (exact) mass is 378 g/mol. The first kappa shape index (κ1) is 18.0. The molecule has 0 N–H and O–H groups in total. The van der Waals surface area contributed by atoms with E-state index in [2.05, 4.69) is 9.72 Å². The van der Waals surface area contributed by atoms with Gasteiger partial charge in [-0.25, -0.2) is 4.98 Å². The van der Waals surface area contributed by atoms with Crippen molar-refractivity contribution in [3.63, 3.8) is 0 Å². The van der Waals surface area contributed by atoms with Crippen LogP contribution >= 0.6 is 11.6 Å². The summed E-state index contributed by atoms with van der Waals surface area (Å²) in [7, 11) is 0. The molecular formula is C18H13ClF2N2O3. The van der Waals surface area contributed by atoms with E-state index < -0.39 is 18.0 Å². The van der Waals surface area contributed by atoms with Gasteiger partial charge in [-0.3, -0.25) is 14.2 Å². The van der Waals surface area contributed by atoms with E-state index in [0.717, 1.165) is 4.57 Å². The summed E-state index contributed by atoms with van der Waals surface area (Å²) in [5.41, 5.74) is 0.662. The third-order valence-electron chi connectivity index (χ3n) is 3.75. The van der Waals surface area contributed by atoms with Crippen molar-refractivity contribution >= 4 is 28.3 Å².